The molecule has 0 aliphatic rings. The van der Waals surface area contributed by atoms with E-state index in [1.807, 2.05) is 18.2 Å². The number of hydrogen-bond acceptors (Lipinski definition) is 2. The van der Waals surface area contributed by atoms with Crippen molar-refractivity contribution in [3.05, 3.63) is 70.9 Å². The van der Waals surface area contributed by atoms with Gasteiger partial charge in [0, 0.05) is 9.40 Å². The normalized spacial score (nSPS) is 12.8. The minimum atomic E-state index is -4.31. The monoisotopic (exact) mass is 408 g/mol. The lowest BCUT2D eigenvalue weighted by Crippen LogP contribution is -2.00. The predicted octanol–water partition coefficient (Wildman–Crippen LogP) is 8.59. The van der Waals surface area contributed by atoms with Crippen molar-refractivity contribution in [2.45, 2.75) is 6.18 Å². The van der Waals surface area contributed by atoms with E-state index in [-0.39, 0.29) is 0 Å². The summed E-state index contributed by atoms with van der Waals surface area (Å²) < 4.78 is 41.3. The van der Waals surface area contributed by atoms with Gasteiger partial charge < -0.3 is 0 Å². The fourth-order valence-electron chi connectivity index (χ4n) is 4.01. The molecule has 0 atom stereocenters. The molecule has 0 spiro atoms. The highest BCUT2D eigenvalue weighted by atomic mass is 32.1. The third kappa shape index (κ3) is 2.30. The van der Waals surface area contributed by atoms with Gasteiger partial charge in [-0.15, -0.1) is 22.7 Å². The van der Waals surface area contributed by atoms with Gasteiger partial charge in [-0.25, -0.2) is 0 Å². The Labute approximate surface area is 165 Å². The lowest BCUT2D eigenvalue weighted by Gasteiger charge is -2.08. The Kier molecular flexibility index (Phi) is 3.19. The summed E-state index contributed by atoms with van der Waals surface area (Å²) >= 11 is 2.53. The molecule has 6 aromatic rings. The average Bonchev–Trinajstić information content (AvgIpc) is 3.29. The molecule has 2 aromatic heterocycles. The first-order valence-corrected chi connectivity index (χ1v) is 10.4. The molecule has 28 heavy (non-hydrogen) atoms. The van der Waals surface area contributed by atoms with Gasteiger partial charge in [-0.3, -0.25) is 0 Å². The van der Waals surface area contributed by atoms with E-state index in [9.17, 15) is 13.2 Å². The summed E-state index contributed by atoms with van der Waals surface area (Å²) in [6.07, 6.45) is -4.31. The Morgan fingerprint density at radius 3 is 1.89 bits per heavy atom. The van der Waals surface area contributed by atoms with Crippen molar-refractivity contribution in [3.63, 3.8) is 0 Å². The van der Waals surface area contributed by atoms with Gasteiger partial charge in [0.1, 0.15) is 4.88 Å². The van der Waals surface area contributed by atoms with Crippen LogP contribution in [0.2, 0.25) is 0 Å². The zero-order chi connectivity index (χ0) is 19.0. The Balaban J connectivity index is 1.71. The van der Waals surface area contributed by atoms with Crippen LogP contribution in [0.3, 0.4) is 0 Å². The molecule has 0 saturated heterocycles. The first-order chi connectivity index (χ1) is 13.5. The van der Waals surface area contributed by atoms with Crippen LogP contribution in [0.15, 0.2) is 66.0 Å². The molecule has 0 saturated carbocycles. The maximum atomic E-state index is 13.1. The van der Waals surface area contributed by atoms with Crippen molar-refractivity contribution in [1.82, 2.24) is 0 Å². The van der Waals surface area contributed by atoms with Gasteiger partial charge in [-0.2, -0.15) is 13.2 Å². The molecule has 0 aliphatic carbocycles. The first-order valence-electron chi connectivity index (χ1n) is 8.75. The minimum absolute atomic E-state index is 0.548. The van der Waals surface area contributed by atoms with E-state index in [1.54, 1.807) is 11.3 Å². The Bertz CT molecular complexity index is 1550. The topological polar surface area (TPSA) is 0 Å². The van der Waals surface area contributed by atoms with Crippen LogP contribution in [-0.4, -0.2) is 0 Å². The number of rotatable bonds is 0. The van der Waals surface area contributed by atoms with E-state index in [2.05, 4.69) is 41.8 Å². The summed E-state index contributed by atoms with van der Waals surface area (Å²) in [5.74, 6) is 0. The summed E-state index contributed by atoms with van der Waals surface area (Å²) in [4.78, 5) is -0.548. The van der Waals surface area contributed by atoms with E-state index in [0.29, 0.717) is 10.1 Å². The smallest absolute Gasteiger partial charge is 0.165 e. The van der Waals surface area contributed by atoms with E-state index in [4.69, 9.17) is 0 Å². The van der Waals surface area contributed by atoms with Gasteiger partial charge in [0.25, 0.3) is 0 Å². The number of halogens is 3. The highest BCUT2D eigenvalue weighted by Crippen LogP contribution is 2.41. The van der Waals surface area contributed by atoms with Crippen LogP contribution in [0.1, 0.15) is 4.88 Å². The average molecular weight is 408 g/mol. The maximum absolute atomic E-state index is 13.1. The molecule has 0 unspecified atom stereocenters. The Hall–Kier alpha value is -2.63. The number of hydrogen-bond donors (Lipinski definition) is 0. The molecule has 4 aromatic carbocycles. The molecule has 0 N–H and O–H groups in total. The maximum Gasteiger partial charge on any atom is 0.425 e. The van der Waals surface area contributed by atoms with Crippen LogP contribution in [0.25, 0.3) is 52.5 Å². The van der Waals surface area contributed by atoms with Crippen molar-refractivity contribution in [3.8, 4) is 0 Å². The molecule has 5 heteroatoms. The summed E-state index contributed by atoms with van der Waals surface area (Å²) in [6.45, 7) is 0. The predicted molar refractivity (Wildman–Crippen MR) is 115 cm³/mol. The summed E-state index contributed by atoms with van der Waals surface area (Å²) in [5.41, 5.74) is 0. The van der Waals surface area contributed by atoms with E-state index < -0.39 is 11.1 Å². The third-order valence-corrected chi connectivity index (χ3v) is 7.34. The summed E-state index contributed by atoms with van der Waals surface area (Å²) in [7, 11) is 0. The molecule has 0 bridgehead atoms. The molecule has 0 aliphatic heterocycles. The van der Waals surface area contributed by atoms with Gasteiger partial charge in [-0.05, 0) is 84.9 Å². The summed E-state index contributed by atoms with van der Waals surface area (Å²) in [5, 5.41) is 10.5. The van der Waals surface area contributed by atoms with Crippen molar-refractivity contribution in [2.75, 3.05) is 0 Å². The number of fused-ring (bicyclic) bond motifs is 7. The quantitative estimate of drug-likeness (QED) is 0.221. The van der Waals surface area contributed by atoms with E-state index in [1.165, 1.54) is 26.9 Å². The zero-order valence-electron chi connectivity index (χ0n) is 14.3. The van der Waals surface area contributed by atoms with E-state index >= 15 is 0 Å². The van der Waals surface area contributed by atoms with Crippen molar-refractivity contribution >= 4 is 75.2 Å². The standard InChI is InChI=1S/C23H11F3S2/c24-23(25,26)22-9-15-8-13-2-4-16-17(19(13)11-21(15)28-22)3-1-12-7-14-5-6-27-20(14)10-18(12)16/h1-11H. The Morgan fingerprint density at radius 1 is 0.571 bits per heavy atom. The SMILES string of the molecule is FC(F)(F)c1cc2cc3ccc4c5cc6sccc6cc5ccc4c3cc2s1. The van der Waals surface area contributed by atoms with Crippen LogP contribution >= 0.6 is 22.7 Å². The van der Waals surface area contributed by atoms with Crippen molar-refractivity contribution in [2.24, 2.45) is 0 Å². The number of alkyl halides is 3. The molecule has 0 radical (unpaired) electrons. The fraction of sp³-hybridized carbons (Fsp3) is 0.0435. The molecule has 0 amide bonds. The zero-order valence-corrected chi connectivity index (χ0v) is 15.9. The highest BCUT2D eigenvalue weighted by molar-refractivity contribution is 7.19. The number of benzene rings is 4. The van der Waals surface area contributed by atoms with E-state index in [0.717, 1.165) is 32.9 Å². The molecular weight excluding hydrogens is 397 g/mol. The van der Waals surface area contributed by atoms with Gasteiger partial charge in [0.05, 0.1) is 0 Å². The minimum Gasteiger partial charge on any atom is -0.165 e. The lowest BCUT2D eigenvalue weighted by atomic mass is 9.96. The molecular formula is C23H11F3S2. The van der Waals surface area contributed by atoms with Gasteiger partial charge >= 0.3 is 6.18 Å². The second kappa shape index (κ2) is 5.46. The molecule has 0 fully saturated rings. The van der Waals surface area contributed by atoms with Crippen LogP contribution in [0, 0.1) is 0 Å². The fourth-order valence-corrected chi connectivity index (χ4v) is 5.77. The van der Waals surface area contributed by atoms with Crippen LogP contribution in [0.5, 0.6) is 0 Å². The Morgan fingerprint density at radius 2 is 1.21 bits per heavy atom. The van der Waals surface area contributed by atoms with Gasteiger partial charge in [0.2, 0.25) is 0 Å². The molecule has 6 rings (SSSR count). The van der Waals surface area contributed by atoms with Crippen LogP contribution in [0.4, 0.5) is 13.2 Å². The highest BCUT2D eigenvalue weighted by Gasteiger charge is 2.32. The largest absolute Gasteiger partial charge is 0.425 e. The van der Waals surface area contributed by atoms with Crippen molar-refractivity contribution < 1.29 is 13.2 Å². The molecule has 2 heterocycles. The second-order valence-corrected chi connectivity index (χ2v) is 9.01. The van der Waals surface area contributed by atoms with Crippen LogP contribution < -0.4 is 0 Å². The van der Waals surface area contributed by atoms with Crippen molar-refractivity contribution in [1.29, 1.82) is 0 Å². The van der Waals surface area contributed by atoms with Gasteiger partial charge in [0.15, 0.2) is 0 Å². The number of thiophene rings is 2. The lowest BCUT2D eigenvalue weighted by molar-refractivity contribution is -0.134. The molecule has 0 nitrogen and oxygen atoms in total. The van der Waals surface area contributed by atoms with Gasteiger partial charge in [-0.1, -0.05) is 24.3 Å². The summed E-state index contributed by atoms with van der Waals surface area (Å²) in [6, 6.07) is 19.8. The van der Waals surface area contributed by atoms with Crippen LogP contribution in [-0.2, 0) is 6.18 Å². The molecule has 136 valence electrons. The second-order valence-electron chi connectivity index (χ2n) is 6.98. The first kappa shape index (κ1) is 16.3. The third-order valence-electron chi connectivity index (χ3n) is 5.32.